The highest BCUT2D eigenvalue weighted by atomic mass is 16.5. The summed E-state index contributed by atoms with van der Waals surface area (Å²) in [5, 5.41) is 0. The van der Waals surface area contributed by atoms with Crippen LogP contribution in [0, 0.1) is 0 Å². The minimum atomic E-state index is 0.226. The van der Waals surface area contributed by atoms with E-state index in [2.05, 4.69) is 4.98 Å². The normalized spacial score (nSPS) is 25.3. The van der Waals surface area contributed by atoms with Gasteiger partial charge in [-0.1, -0.05) is 6.07 Å². The summed E-state index contributed by atoms with van der Waals surface area (Å²) in [6.45, 7) is 0. The molecule has 0 aliphatic heterocycles. The molecule has 0 radical (unpaired) electrons. The molecule has 4 nitrogen and oxygen atoms in total. The molecule has 1 fully saturated rings. The van der Waals surface area contributed by atoms with Crippen LogP contribution in [0.4, 0.5) is 0 Å². The highest BCUT2D eigenvalue weighted by molar-refractivity contribution is 5.20. The fraction of sp³-hybridized carbons (Fsp3) is 0.500. The number of hydrogen-bond donors (Lipinski definition) is 1. The zero-order chi connectivity index (χ0) is 9.97. The molecule has 0 aromatic carbocycles. The summed E-state index contributed by atoms with van der Waals surface area (Å²) in [6.07, 6.45) is 2.06. The van der Waals surface area contributed by atoms with Crippen LogP contribution in [-0.4, -0.2) is 24.2 Å². The van der Waals surface area contributed by atoms with Crippen LogP contribution in [0.5, 0.6) is 11.8 Å². The van der Waals surface area contributed by atoms with Gasteiger partial charge in [0, 0.05) is 18.2 Å². The van der Waals surface area contributed by atoms with Gasteiger partial charge in [0.1, 0.15) is 6.10 Å². The van der Waals surface area contributed by atoms with E-state index in [0.717, 1.165) is 12.8 Å². The Kier molecular flexibility index (Phi) is 2.54. The highest BCUT2D eigenvalue weighted by Gasteiger charge is 2.27. The maximum Gasteiger partial charge on any atom is 0.216 e. The van der Waals surface area contributed by atoms with Crippen molar-refractivity contribution in [1.82, 2.24) is 4.98 Å². The van der Waals surface area contributed by atoms with E-state index in [9.17, 15) is 0 Å². The second-order valence-corrected chi connectivity index (χ2v) is 3.49. The van der Waals surface area contributed by atoms with E-state index >= 15 is 0 Å². The molecule has 0 amide bonds. The molecule has 0 unspecified atom stereocenters. The molecule has 1 aromatic heterocycles. The van der Waals surface area contributed by atoms with E-state index in [-0.39, 0.29) is 6.10 Å². The van der Waals surface area contributed by atoms with Gasteiger partial charge >= 0.3 is 0 Å². The third-order valence-electron chi connectivity index (χ3n) is 2.33. The summed E-state index contributed by atoms with van der Waals surface area (Å²) in [5.74, 6) is 1.19. The number of methoxy groups -OCH3 is 1. The SMILES string of the molecule is COc1cccc(OC2CC(N)C2)n1. The average molecular weight is 194 g/mol. The fourth-order valence-electron chi connectivity index (χ4n) is 1.45. The summed E-state index contributed by atoms with van der Waals surface area (Å²) >= 11 is 0. The first-order valence-electron chi connectivity index (χ1n) is 4.71. The summed E-state index contributed by atoms with van der Waals surface area (Å²) in [5.41, 5.74) is 5.65. The lowest BCUT2D eigenvalue weighted by Crippen LogP contribution is -2.43. The molecule has 1 aromatic rings. The van der Waals surface area contributed by atoms with Gasteiger partial charge in [-0.15, -0.1) is 0 Å². The second kappa shape index (κ2) is 3.84. The fourth-order valence-corrected chi connectivity index (χ4v) is 1.45. The smallest absolute Gasteiger partial charge is 0.216 e. The van der Waals surface area contributed by atoms with Crippen LogP contribution in [0.25, 0.3) is 0 Å². The van der Waals surface area contributed by atoms with Crippen molar-refractivity contribution in [1.29, 1.82) is 0 Å². The molecule has 2 rings (SSSR count). The van der Waals surface area contributed by atoms with E-state index in [1.165, 1.54) is 0 Å². The Morgan fingerprint density at radius 3 is 2.71 bits per heavy atom. The summed E-state index contributed by atoms with van der Waals surface area (Å²) in [4.78, 5) is 4.15. The van der Waals surface area contributed by atoms with Gasteiger partial charge in [0.2, 0.25) is 11.8 Å². The molecular formula is C10H14N2O2. The van der Waals surface area contributed by atoms with Crippen molar-refractivity contribution in [2.75, 3.05) is 7.11 Å². The summed E-state index contributed by atoms with van der Waals surface area (Å²) in [7, 11) is 1.59. The molecule has 1 aliphatic rings. The number of nitrogens with two attached hydrogens (primary N) is 1. The van der Waals surface area contributed by atoms with E-state index < -0.39 is 0 Å². The number of hydrogen-bond acceptors (Lipinski definition) is 4. The van der Waals surface area contributed by atoms with Crippen molar-refractivity contribution in [3.05, 3.63) is 18.2 Å². The van der Waals surface area contributed by atoms with Crippen LogP contribution in [-0.2, 0) is 0 Å². The van der Waals surface area contributed by atoms with Crippen molar-refractivity contribution in [3.8, 4) is 11.8 Å². The molecule has 4 heteroatoms. The molecule has 76 valence electrons. The first-order chi connectivity index (χ1) is 6.78. The molecule has 0 bridgehead atoms. The van der Waals surface area contributed by atoms with Crippen LogP contribution in [0.3, 0.4) is 0 Å². The van der Waals surface area contributed by atoms with Gasteiger partial charge in [0.15, 0.2) is 0 Å². The lowest BCUT2D eigenvalue weighted by molar-refractivity contribution is 0.0951. The average Bonchev–Trinajstić information content (AvgIpc) is 2.16. The standard InChI is InChI=1S/C10H14N2O2/c1-13-9-3-2-4-10(12-9)14-8-5-7(11)6-8/h2-4,7-8H,5-6,11H2,1H3. The predicted molar refractivity (Wildman–Crippen MR) is 52.4 cm³/mol. The van der Waals surface area contributed by atoms with Gasteiger partial charge in [-0.25, -0.2) is 0 Å². The molecular weight excluding hydrogens is 180 g/mol. The Hall–Kier alpha value is -1.29. The second-order valence-electron chi connectivity index (χ2n) is 3.49. The van der Waals surface area contributed by atoms with Gasteiger partial charge in [-0.2, -0.15) is 4.98 Å². The monoisotopic (exact) mass is 194 g/mol. The molecule has 0 atom stereocenters. The number of aromatic nitrogens is 1. The molecule has 0 spiro atoms. The quantitative estimate of drug-likeness (QED) is 0.778. The topological polar surface area (TPSA) is 57.4 Å². The largest absolute Gasteiger partial charge is 0.481 e. The van der Waals surface area contributed by atoms with E-state index in [0.29, 0.717) is 17.8 Å². The van der Waals surface area contributed by atoms with Crippen molar-refractivity contribution < 1.29 is 9.47 Å². The number of rotatable bonds is 3. The van der Waals surface area contributed by atoms with Crippen molar-refractivity contribution in [3.63, 3.8) is 0 Å². The zero-order valence-corrected chi connectivity index (χ0v) is 8.14. The number of nitrogens with zero attached hydrogens (tertiary/aromatic N) is 1. The zero-order valence-electron chi connectivity index (χ0n) is 8.14. The third kappa shape index (κ3) is 1.96. The maximum atomic E-state index is 5.65. The van der Waals surface area contributed by atoms with E-state index in [1.807, 2.05) is 12.1 Å². The van der Waals surface area contributed by atoms with Gasteiger partial charge in [-0.05, 0) is 12.8 Å². The maximum absolute atomic E-state index is 5.65. The van der Waals surface area contributed by atoms with Gasteiger partial charge in [0.05, 0.1) is 7.11 Å². The molecule has 2 N–H and O–H groups in total. The summed E-state index contributed by atoms with van der Waals surface area (Å²) < 4.78 is 10.6. The molecule has 1 heterocycles. The van der Waals surface area contributed by atoms with Crippen molar-refractivity contribution in [2.24, 2.45) is 5.73 Å². The van der Waals surface area contributed by atoms with Crippen LogP contribution in [0.1, 0.15) is 12.8 Å². The number of ether oxygens (including phenoxy) is 2. The van der Waals surface area contributed by atoms with Gasteiger partial charge < -0.3 is 15.2 Å². The first-order valence-corrected chi connectivity index (χ1v) is 4.71. The first kappa shape index (κ1) is 9.27. The van der Waals surface area contributed by atoms with E-state index in [4.69, 9.17) is 15.2 Å². The van der Waals surface area contributed by atoms with Crippen molar-refractivity contribution in [2.45, 2.75) is 25.0 Å². The number of pyridine rings is 1. The Bertz CT molecular complexity index is 311. The van der Waals surface area contributed by atoms with E-state index in [1.54, 1.807) is 13.2 Å². The molecule has 0 saturated heterocycles. The van der Waals surface area contributed by atoms with Crippen LogP contribution < -0.4 is 15.2 Å². The Labute approximate surface area is 83.0 Å². The molecule has 1 aliphatic carbocycles. The van der Waals surface area contributed by atoms with Gasteiger partial charge in [-0.3, -0.25) is 0 Å². The van der Waals surface area contributed by atoms with Crippen LogP contribution in [0.15, 0.2) is 18.2 Å². The van der Waals surface area contributed by atoms with Gasteiger partial charge in [0.25, 0.3) is 0 Å². The third-order valence-corrected chi connectivity index (χ3v) is 2.33. The minimum absolute atomic E-state index is 0.226. The lowest BCUT2D eigenvalue weighted by Gasteiger charge is -2.32. The highest BCUT2D eigenvalue weighted by Crippen LogP contribution is 2.24. The Morgan fingerprint density at radius 1 is 1.36 bits per heavy atom. The Balaban J connectivity index is 1.95. The minimum Gasteiger partial charge on any atom is -0.481 e. The molecule has 14 heavy (non-hydrogen) atoms. The van der Waals surface area contributed by atoms with Crippen LogP contribution in [0.2, 0.25) is 0 Å². The Morgan fingerprint density at radius 2 is 2.07 bits per heavy atom. The van der Waals surface area contributed by atoms with Crippen LogP contribution >= 0.6 is 0 Å². The predicted octanol–water partition coefficient (Wildman–Crippen LogP) is 0.959. The lowest BCUT2D eigenvalue weighted by atomic mass is 9.90. The van der Waals surface area contributed by atoms with Crippen molar-refractivity contribution >= 4 is 0 Å². The summed E-state index contributed by atoms with van der Waals surface area (Å²) in [6, 6.07) is 5.77. The molecule has 1 saturated carbocycles.